The van der Waals surface area contributed by atoms with Gasteiger partial charge in [0.25, 0.3) is 5.89 Å². The van der Waals surface area contributed by atoms with Crippen molar-refractivity contribution in [2.75, 3.05) is 0 Å². The van der Waals surface area contributed by atoms with Gasteiger partial charge in [0, 0.05) is 5.92 Å². The van der Waals surface area contributed by atoms with Gasteiger partial charge in [0.15, 0.2) is 11.5 Å². The van der Waals surface area contributed by atoms with E-state index in [0.29, 0.717) is 5.82 Å². The van der Waals surface area contributed by atoms with Crippen LogP contribution in [0.2, 0.25) is 0 Å². The van der Waals surface area contributed by atoms with Crippen molar-refractivity contribution in [3.63, 3.8) is 0 Å². The third kappa shape index (κ3) is 1.67. The van der Waals surface area contributed by atoms with E-state index in [0.717, 1.165) is 0 Å². The number of carbonyl (C=O) groups is 1. The molecule has 2 rings (SSSR count). The maximum atomic E-state index is 10.8. The van der Waals surface area contributed by atoms with E-state index in [-0.39, 0.29) is 23.2 Å². The lowest BCUT2D eigenvalue weighted by atomic mass is 10.2. The van der Waals surface area contributed by atoms with Crippen molar-refractivity contribution in [2.45, 2.75) is 19.8 Å². The minimum absolute atomic E-state index is 0.119. The van der Waals surface area contributed by atoms with E-state index in [9.17, 15) is 4.79 Å². The fraction of sp³-hybridized carbons (Fsp3) is 0.333. The van der Waals surface area contributed by atoms with Crippen LogP contribution in [0.3, 0.4) is 0 Å². The highest BCUT2D eigenvalue weighted by molar-refractivity contribution is 5.91. The second kappa shape index (κ2) is 3.76. The summed E-state index contributed by atoms with van der Waals surface area (Å²) in [7, 11) is 0. The average molecular weight is 222 g/mol. The van der Waals surface area contributed by atoms with Crippen molar-refractivity contribution in [3.8, 4) is 11.6 Å². The van der Waals surface area contributed by atoms with Crippen LogP contribution in [0.5, 0.6) is 0 Å². The number of aromatic nitrogens is 4. The van der Waals surface area contributed by atoms with Crippen LogP contribution in [0, 0.1) is 0 Å². The molecule has 0 spiro atoms. The van der Waals surface area contributed by atoms with E-state index >= 15 is 0 Å². The van der Waals surface area contributed by atoms with Gasteiger partial charge in [-0.25, -0.2) is 9.78 Å². The molecule has 7 heteroatoms. The Labute approximate surface area is 90.5 Å². The van der Waals surface area contributed by atoms with E-state index < -0.39 is 5.97 Å². The molecule has 2 N–H and O–H groups in total. The number of nitrogens with one attached hydrogen (secondary N) is 1. The third-order valence-corrected chi connectivity index (χ3v) is 2.01. The minimum Gasteiger partial charge on any atom is -0.476 e. The van der Waals surface area contributed by atoms with E-state index in [4.69, 9.17) is 9.63 Å². The molecule has 7 nitrogen and oxygen atoms in total. The van der Waals surface area contributed by atoms with Crippen LogP contribution < -0.4 is 0 Å². The Balaban J connectivity index is 2.42. The lowest BCUT2D eigenvalue weighted by molar-refractivity contribution is 0.0691. The molecule has 0 radical (unpaired) electrons. The van der Waals surface area contributed by atoms with Crippen molar-refractivity contribution in [3.05, 3.63) is 17.8 Å². The van der Waals surface area contributed by atoms with Crippen molar-refractivity contribution in [1.29, 1.82) is 0 Å². The number of H-pyrrole nitrogens is 1. The van der Waals surface area contributed by atoms with E-state index in [1.807, 2.05) is 13.8 Å². The van der Waals surface area contributed by atoms with Crippen LogP contribution in [0.15, 0.2) is 10.9 Å². The number of aromatic amines is 1. The standard InChI is InChI=1S/C9H10N4O3/c1-4(2)7-12-8(16-13-7)5-6(9(14)15)11-3-10-5/h3-4H,1-2H3,(H,10,11)(H,14,15). The quantitative estimate of drug-likeness (QED) is 0.810. The normalized spacial score (nSPS) is 10.9. The predicted molar refractivity (Wildman–Crippen MR) is 52.9 cm³/mol. The van der Waals surface area contributed by atoms with Crippen LogP contribution >= 0.6 is 0 Å². The molecule has 2 aromatic rings. The third-order valence-electron chi connectivity index (χ3n) is 2.01. The summed E-state index contributed by atoms with van der Waals surface area (Å²) in [4.78, 5) is 21.2. The first kappa shape index (κ1) is 10.3. The zero-order valence-electron chi connectivity index (χ0n) is 8.76. The first-order chi connectivity index (χ1) is 7.59. The van der Waals surface area contributed by atoms with Crippen LogP contribution in [-0.4, -0.2) is 31.2 Å². The van der Waals surface area contributed by atoms with Crippen molar-refractivity contribution < 1.29 is 14.4 Å². The molecule has 0 atom stereocenters. The second-order valence-corrected chi connectivity index (χ2v) is 3.54. The Hall–Kier alpha value is -2.18. The molecule has 2 heterocycles. The van der Waals surface area contributed by atoms with Crippen molar-refractivity contribution in [2.24, 2.45) is 0 Å². The molecule has 16 heavy (non-hydrogen) atoms. The number of imidazole rings is 1. The topological polar surface area (TPSA) is 105 Å². The summed E-state index contributed by atoms with van der Waals surface area (Å²) in [6.45, 7) is 3.83. The maximum Gasteiger partial charge on any atom is 0.356 e. The lowest BCUT2D eigenvalue weighted by Crippen LogP contribution is -1.99. The highest BCUT2D eigenvalue weighted by Crippen LogP contribution is 2.20. The van der Waals surface area contributed by atoms with Crippen LogP contribution in [0.25, 0.3) is 11.6 Å². The molecule has 0 amide bonds. The number of carboxylic acids is 1. The first-order valence-electron chi connectivity index (χ1n) is 4.70. The highest BCUT2D eigenvalue weighted by atomic mass is 16.5. The second-order valence-electron chi connectivity index (χ2n) is 3.54. The number of rotatable bonds is 3. The Bertz CT molecular complexity index is 514. The molecule has 0 bridgehead atoms. The molecule has 84 valence electrons. The van der Waals surface area contributed by atoms with Gasteiger partial charge in [0.1, 0.15) is 5.69 Å². The summed E-state index contributed by atoms with van der Waals surface area (Å²) in [6, 6.07) is 0. The minimum atomic E-state index is -1.14. The van der Waals surface area contributed by atoms with E-state index in [1.54, 1.807) is 0 Å². The molecule has 0 aliphatic carbocycles. The molecule has 0 saturated heterocycles. The Morgan fingerprint density at radius 2 is 2.31 bits per heavy atom. The molecule has 0 aromatic carbocycles. The van der Waals surface area contributed by atoms with Crippen LogP contribution in [-0.2, 0) is 0 Å². The summed E-state index contributed by atoms with van der Waals surface area (Å²) >= 11 is 0. The number of aromatic carboxylic acids is 1. The zero-order chi connectivity index (χ0) is 11.7. The monoisotopic (exact) mass is 222 g/mol. The van der Waals surface area contributed by atoms with Gasteiger partial charge in [-0.1, -0.05) is 19.0 Å². The van der Waals surface area contributed by atoms with Gasteiger partial charge in [0.2, 0.25) is 0 Å². The largest absolute Gasteiger partial charge is 0.476 e. The van der Waals surface area contributed by atoms with Gasteiger partial charge < -0.3 is 14.6 Å². The van der Waals surface area contributed by atoms with Crippen LogP contribution in [0.1, 0.15) is 36.1 Å². The molecule has 0 aliphatic rings. The number of hydrogen-bond acceptors (Lipinski definition) is 5. The van der Waals surface area contributed by atoms with Gasteiger partial charge in [0.05, 0.1) is 6.33 Å². The zero-order valence-corrected chi connectivity index (χ0v) is 8.76. The smallest absolute Gasteiger partial charge is 0.356 e. The SMILES string of the molecule is CC(C)c1noc(-c2[nH]cnc2C(=O)O)n1. The van der Waals surface area contributed by atoms with Crippen molar-refractivity contribution >= 4 is 5.97 Å². The maximum absolute atomic E-state index is 10.8. The van der Waals surface area contributed by atoms with Gasteiger partial charge in [-0.15, -0.1) is 0 Å². The number of hydrogen-bond donors (Lipinski definition) is 2. The summed E-state index contributed by atoms with van der Waals surface area (Å²) in [6.07, 6.45) is 1.28. The van der Waals surface area contributed by atoms with Crippen molar-refractivity contribution in [1.82, 2.24) is 20.1 Å². The molecular formula is C9H10N4O3. The fourth-order valence-electron chi connectivity index (χ4n) is 1.19. The summed E-state index contributed by atoms with van der Waals surface area (Å²) in [5.41, 5.74) is 0.103. The average Bonchev–Trinajstić information content (AvgIpc) is 2.86. The van der Waals surface area contributed by atoms with Gasteiger partial charge >= 0.3 is 5.97 Å². The number of nitrogens with zero attached hydrogens (tertiary/aromatic N) is 3. The lowest BCUT2D eigenvalue weighted by Gasteiger charge is -1.92. The van der Waals surface area contributed by atoms with Gasteiger partial charge in [-0.3, -0.25) is 0 Å². The summed E-state index contributed by atoms with van der Waals surface area (Å²) < 4.78 is 4.97. The Morgan fingerprint density at radius 3 is 2.88 bits per heavy atom. The Morgan fingerprint density at radius 1 is 1.56 bits per heavy atom. The summed E-state index contributed by atoms with van der Waals surface area (Å²) in [5.74, 6) is -0.353. The predicted octanol–water partition coefficient (Wildman–Crippen LogP) is 1.28. The molecular weight excluding hydrogens is 212 g/mol. The first-order valence-corrected chi connectivity index (χ1v) is 4.70. The van der Waals surface area contributed by atoms with Gasteiger partial charge in [-0.2, -0.15) is 4.98 Å². The molecule has 2 aromatic heterocycles. The fourth-order valence-corrected chi connectivity index (χ4v) is 1.19. The summed E-state index contributed by atoms with van der Waals surface area (Å²) in [5, 5.41) is 12.6. The molecule has 0 saturated carbocycles. The molecule has 0 unspecified atom stereocenters. The van der Waals surface area contributed by atoms with Crippen LogP contribution in [0.4, 0.5) is 0 Å². The Kier molecular flexibility index (Phi) is 2.43. The molecule has 0 fully saturated rings. The van der Waals surface area contributed by atoms with Gasteiger partial charge in [-0.05, 0) is 0 Å². The van der Waals surface area contributed by atoms with E-state index in [1.165, 1.54) is 6.33 Å². The molecule has 0 aliphatic heterocycles. The highest BCUT2D eigenvalue weighted by Gasteiger charge is 2.20. The number of carboxylic acid groups (broad SMARTS) is 1. The van der Waals surface area contributed by atoms with E-state index in [2.05, 4.69) is 20.1 Å².